The minimum absolute atomic E-state index is 0.188. The lowest BCUT2D eigenvalue weighted by Gasteiger charge is -2.14. The molecule has 0 fully saturated rings. The van der Waals surface area contributed by atoms with Crippen LogP contribution in [0, 0.1) is 6.92 Å². The highest BCUT2D eigenvalue weighted by Gasteiger charge is 2.22. The standard InChI is InChI=1S/C12H15Cl2NO2S/c1-10-5-7-12(8-6-10)18(16,17)15(14)9-3-4-11(2)13/h5-8H,2-4,9H2,1H3. The summed E-state index contributed by atoms with van der Waals surface area (Å²) in [5.74, 6) is 0. The van der Waals surface area contributed by atoms with Crippen LogP contribution in [-0.2, 0) is 10.0 Å². The number of rotatable bonds is 6. The second kappa shape index (κ2) is 6.57. The molecule has 0 bridgehead atoms. The minimum atomic E-state index is -3.63. The molecular weight excluding hydrogens is 293 g/mol. The first-order valence-electron chi connectivity index (χ1n) is 5.42. The number of hydrogen-bond donors (Lipinski definition) is 0. The molecule has 0 radical (unpaired) electrons. The van der Waals surface area contributed by atoms with Crippen LogP contribution < -0.4 is 0 Å². The highest BCUT2D eigenvalue weighted by atomic mass is 35.5. The van der Waals surface area contributed by atoms with Gasteiger partial charge in [0.05, 0.1) is 4.90 Å². The van der Waals surface area contributed by atoms with E-state index < -0.39 is 10.0 Å². The fourth-order valence-electron chi connectivity index (χ4n) is 1.34. The molecular formula is C12H15Cl2NO2S. The molecule has 0 spiro atoms. The molecule has 0 heterocycles. The van der Waals surface area contributed by atoms with Gasteiger partial charge < -0.3 is 0 Å². The smallest absolute Gasteiger partial charge is 0.206 e. The van der Waals surface area contributed by atoms with E-state index in [1.54, 1.807) is 24.3 Å². The zero-order chi connectivity index (χ0) is 13.8. The molecule has 100 valence electrons. The molecule has 0 unspecified atom stereocenters. The molecule has 0 aliphatic heterocycles. The van der Waals surface area contributed by atoms with Gasteiger partial charge in [-0.25, -0.2) is 8.42 Å². The van der Waals surface area contributed by atoms with Crippen LogP contribution in [0.4, 0.5) is 0 Å². The summed E-state index contributed by atoms with van der Waals surface area (Å²) in [5.41, 5.74) is 0.994. The second-order valence-electron chi connectivity index (χ2n) is 3.95. The van der Waals surface area contributed by atoms with Gasteiger partial charge in [-0.05, 0) is 43.7 Å². The molecule has 0 N–H and O–H groups in total. The summed E-state index contributed by atoms with van der Waals surface area (Å²) in [7, 11) is -3.63. The van der Waals surface area contributed by atoms with Crippen molar-refractivity contribution in [2.24, 2.45) is 0 Å². The number of nitrogens with zero attached hydrogens (tertiary/aromatic N) is 1. The van der Waals surface area contributed by atoms with Crippen LogP contribution in [0.1, 0.15) is 18.4 Å². The molecule has 0 aliphatic rings. The van der Waals surface area contributed by atoms with Crippen LogP contribution >= 0.6 is 23.4 Å². The molecule has 1 rings (SSSR count). The van der Waals surface area contributed by atoms with Crippen LogP contribution in [-0.4, -0.2) is 18.8 Å². The average molecular weight is 308 g/mol. The van der Waals surface area contributed by atoms with Crippen molar-refractivity contribution in [2.75, 3.05) is 6.54 Å². The van der Waals surface area contributed by atoms with Gasteiger partial charge in [0.2, 0.25) is 0 Å². The van der Waals surface area contributed by atoms with Gasteiger partial charge in [-0.2, -0.15) is 0 Å². The fraction of sp³-hybridized carbons (Fsp3) is 0.333. The SMILES string of the molecule is C=C(Cl)CCCN(Cl)S(=O)(=O)c1ccc(C)cc1. The van der Waals surface area contributed by atoms with Crippen molar-refractivity contribution >= 4 is 33.4 Å². The molecule has 1 aromatic carbocycles. The lowest BCUT2D eigenvalue weighted by molar-refractivity contribution is 0.529. The van der Waals surface area contributed by atoms with Crippen molar-refractivity contribution in [3.63, 3.8) is 0 Å². The van der Waals surface area contributed by atoms with Gasteiger partial charge in [0.1, 0.15) is 0 Å². The molecule has 6 heteroatoms. The molecule has 3 nitrogen and oxygen atoms in total. The maximum absolute atomic E-state index is 12.1. The first-order chi connectivity index (χ1) is 8.34. The van der Waals surface area contributed by atoms with E-state index in [0.29, 0.717) is 17.9 Å². The summed E-state index contributed by atoms with van der Waals surface area (Å²) >= 11 is 11.4. The lowest BCUT2D eigenvalue weighted by atomic mass is 10.2. The fourth-order valence-corrected chi connectivity index (χ4v) is 2.91. The molecule has 1 aromatic rings. The van der Waals surface area contributed by atoms with Crippen molar-refractivity contribution in [1.82, 2.24) is 3.82 Å². The summed E-state index contributed by atoms with van der Waals surface area (Å²) in [4.78, 5) is 0.188. The zero-order valence-corrected chi connectivity index (χ0v) is 12.4. The van der Waals surface area contributed by atoms with E-state index in [2.05, 4.69) is 6.58 Å². The summed E-state index contributed by atoms with van der Waals surface area (Å²) in [6.07, 6.45) is 1.07. The number of benzene rings is 1. The average Bonchev–Trinajstić information content (AvgIpc) is 2.28. The largest absolute Gasteiger partial charge is 0.256 e. The highest BCUT2D eigenvalue weighted by Crippen LogP contribution is 2.19. The molecule has 0 aromatic heterocycles. The van der Waals surface area contributed by atoms with Crippen molar-refractivity contribution < 1.29 is 8.42 Å². The van der Waals surface area contributed by atoms with Gasteiger partial charge in [-0.1, -0.05) is 35.9 Å². The quantitative estimate of drug-likeness (QED) is 0.752. The first kappa shape index (κ1) is 15.5. The molecule has 0 aliphatic carbocycles. The van der Waals surface area contributed by atoms with Crippen molar-refractivity contribution in [1.29, 1.82) is 0 Å². The Balaban J connectivity index is 2.73. The van der Waals surface area contributed by atoms with Crippen LogP contribution in [0.3, 0.4) is 0 Å². The molecule has 18 heavy (non-hydrogen) atoms. The first-order valence-corrected chi connectivity index (χ1v) is 7.58. The number of sulfonamides is 1. The van der Waals surface area contributed by atoms with Gasteiger partial charge in [-0.15, -0.1) is 3.82 Å². The molecule has 0 atom stereocenters. The van der Waals surface area contributed by atoms with E-state index >= 15 is 0 Å². The van der Waals surface area contributed by atoms with E-state index in [9.17, 15) is 8.42 Å². The van der Waals surface area contributed by atoms with Crippen LogP contribution in [0.5, 0.6) is 0 Å². The van der Waals surface area contributed by atoms with Gasteiger partial charge in [0.25, 0.3) is 10.0 Å². The summed E-state index contributed by atoms with van der Waals surface area (Å²) < 4.78 is 24.9. The van der Waals surface area contributed by atoms with E-state index in [4.69, 9.17) is 23.4 Å². The summed E-state index contributed by atoms with van der Waals surface area (Å²) in [6, 6.07) is 6.55. The van der Waals surface area contributed by atoms with E-state index in [0.717, 1.165) is 9.39 Å². The Morgan fingerprint density at radius 3 is 2.39 bits per heavy atom. The second-order valence-corrected chi connectivity index (χ2v) is 6.96. The number of hydrogen-bond acceptors (Lipinski definition) is 2. The van der Waals surface area contributed by atoms with E-state index in [1.807, 2.05) is 6.92 Å². The summed E-state index contributed by atoms with van der Waals surface area (Å²) in [5, 5.41) is 0.493. The normalized spacial score (nSPS) is 11.8. The van der Waals surface area contributed by atoms with Crippen molar-refractivity contribution in [3.05, 3.63) is 41.4 Å². The van der Waals surface area contributed by atoms with Crippen molar-refractivity contribution in [3.8, 4) is 0 Å². The summed E-state index contributed by atoms with van der Waals surface area (Å²) in [6.45, 7) is 5.62. The maximum atomic E-state index is 12.1. The number of aryl methyl sites for hydroxylation is 1. The minimum Gasteiger partial charge on any atom is -0.206 e. The van der Waals surface area contributed by atoms with Gasteiger partial charge in [-0.3, -0.25) is 0 Å². The number of halogens is 2. The molecule has 0 amide bonds. The molecule has 0 saturated carbocycles. The molecule has 0 saturated heterocycles. The third kappa shape index (κ3) is 4.28. The third-order valence-corrected chi connectivity index (χ3v) is 4.84. The Bertz CT molecular complexity index is 511. The Morgan fingerprint density at radius 2 is 1.89 bits per heavy atom. The highest BCUT2D eigenvalue weighted by molar-refractivity contribution is 7.90. The van der Waals surface area contributed by atoms with Crippen LogP contribution in [0.15, 0.2) is 40.8 Å². The predicted molar refractivity (Wildman–Crippen MR) is 75.2 cm³/mol. The Hall–Kier alpha value is -0.550. The Morgan fingerprint density at radius 1 is 1.33 bits per heavy atom. The zero-order valence-electron chi connectivity index (χ0n) is 10.1. The van der Waals surface area contributed by atoms with E-state index in [-0.39, 0.29) is 11.4 Å². The van der Waals surface area contributed by atoms with Crippen LogP contribution in [0.25, 0.3) is 0 Å². The van der Waals surface area contributed by atoms with Gasteiger partial charge in [0, 0.05) is 11.6 Å². The topological polar surface area (TPSA) is 37.4 Å². The van der Waals surface area contributed by atoms with E-state index in [1.165, 1.54) is 0 Å². The Kier molecular flexibility index (Phi) is 5.66. The Labute approximate surface area is 118 Å². The van der Waals surface area contributed by atoms with Gasteiger partial charge in [0.15, 0.2) is 0 Å². The predicted octanol–water partition coefficient (Wildman–Crippen LogP) is 3.67. The van der Waals surface area contributed by atoms with Crippen molar-refractivity contribution in [2.45, 2.75) is 24.7 Å². The maximum Gasteiger partial charge on any atom is 0.256 e. The van der Waals surface area contributed by atoms with Gasteiger partial charge >= 0.3 is 0 Å². The number of allylic oxidation sites excluding steroid dienone is 1. The van der Waals surface area contributed by atoms with Crippen LogP contribution in [0.2, 0.25) is 0 Å². The monoisotopic (exact) mass is 307 g/mol. The third-order valence-electron chi connectivity index (χ3n) is 2.36. The lowest BCUT2D eigenvalue weighted by Crippen LogP contribution is -2.23.